The van der Waals surface area contributed by atoms with Crippen molar-refractivity contribution in [1.82, 2.24) is 10.2 Å². The van der Waals surface area contributed by atoms with Gasteiger partial charge in [0.05, 0.1) is 24.8 Å². The molecule has 0 aliphatic rings. The van der Waals surface area contributed by atoms with E-state index in [1.165, 1.54) is 55.5 Å². The van der Waals surface area contributed by atoms with Gasteiger partial charge in [0.2, 0.25) is 11.8 Å². The van der Waals surface area contributed by atoms with Crippen LogP contribution >= 0.6 is 23.2 Å². The number of hydrogen-bond donors (Lipinski definition) is 1. The number of halogens is 3. The first-order valence-corrected chi connectivity index (χ1v) is 17.7. The number of methoxy groups -OCH3 is 2. The third kappa shape index (κ3) is 9.44. The molecule has 0 aliphatic heterocycles. The van der Waals surface area contributed by atoms with Crippen LogP contribution in [-0.4, -0.2) is 58.0 Å². The summed E-state index contributed by atoms with van der Waals surface area (Å²) in [5.74, 6) is -1.28. The Balaban J connectivity index is 1.85. The lowest BCUT2D eigenvalue weighted by Crippen LogP contribution is -2.54. The summed E-state index contributed by atoms with van der Waals surface area (Å²) >= 11 is 12.7. The SMILES string of the molecule is CC[C@@H](C)NC(=O)[C@@H](Cc1ccccc1)N(Cc1ccc(Cl)cc1Cl)C(=O)CN(c1ccc(F)cc1)S(=O)(=O)c1ccc(OC)c(OC)c1. The molecule has 9 nitrogen and oxygen atoms in total. The number of nitrogens with zero attached hydrogens (tertiary/aromatic N) is 2. The Morgan fingerprint density at radius 2 is 1.57 bits per heavy atom. The van der Waals surface area contributed by atoms with Gasteiger partial charge in [-0.15, -0.1) is 0 Å². The van der Waals surface area contributed by atoms with Crippen molar-refractivity contribution in [3.8, 4) is 11.5 Å². The molecule has 0 bridgehead atoms. The van der Waals surface area contributed by atoms with Crippen molar-refractivity contribution in [3.05, 3.63) is 118 Å². The first-order valence-electron chi connectivity index (χ1n) is 15.5. The molecule has 4 aromatic carbocycles. The van der Waals surface area contributed by atoms with E-state index in [0.29, 0.717) is 22.8 Å². The summed E-state index contributed by atoms with van der Waals surface area (Å²) < 4.78 is 54.2. The molecule has 2 atom stereocenters. The fraction of sp³-hybridized carbons (Fsp3) is 0.278. The van der Waals surface area contributed by atoms with Crippen molar-refractivity contribution in [3.63, 3.8) is 0 Å². The van der Waals surface area contributed by atoms with Gasteiger partial charge in [0.1, 0.15) is 18.4 Å². The molecule has 0 unspecified atom stereocenters. The number of carbonyl (C=O) groups is 2. The lowest BCUT2D eigenvalue weighted by atomic mass is 10.0. The van der Waals surface area contributed by atoms with Crippen LogP contribution in [0.5, 0.6) is 11.5 Å². The second-order valence-corrected chi connectivity index (χ2v) is 14.0. The van der Waals surface area contributed by atoms with E-state index in [0.717, 1.165) is 22.0 Å². The van der Waals surface area contributed by atoms with E-state index in [2.05, 4.69) is 5.32 Å². The summed E-state index contributed by atoms with van der Waals surface area (Å²) in [5.41, 5.74) is 1.29. The summed E-state index contributed by atoms with van der Waals surface area (Å²) in [7, 11) is -1.70. The van der Waals surface area contributed by atoms with Crippen LogP contribution < -0.4 is 19.1 Å². The molecule has 0 saturated heterocycles. The minimum Gasteiger partial charge on any atom is -0.493 e. The van der Waals surface area contributed by atoms with Crippen LogP contribution in [-0.2, 0) is 32.6 Å². The molecule has 260 valence electrons. The van der Waals surface area contributed by atoms with Crippen molar-refractivity contribution in [1.29, 1.82) is 0 Å². The van der Waals surface area contributed by atoms with Crippen molar-refractivity contribution < 1.29 is 31.9 Å². The molecule has 0 aromatic heterocycles. The summed E-state index contributed by atoms with van der Waals surface area (Å²) in [6.45, 7) is 2.89. The fourth-order valence-electron chi connectivity index (χ4n) is 5.07. The summed E-state index contributed by atoms with van der Waals surface area (Å²) in [6.07, 6.45) is 0.766. The number of anilines is 1. The Labute approximate surface area is 296 Å². The highest BCUT2D eigenvalue weighted by Crippen LogP contribution is 2.33. The number of ether oxygens (including phenoxy) is 2. The molecule has 4 aromatic rings. The molecule has 2 amide bonds. The number of benzene rings is 4. The van der Waals surface area contributed by atoms with Gasteiger partial charge in [-0.05, 0) is 73.0 Å². The molecule has 1 N–H and O–H groups in total. The van der Waals surface area contributed by atoms with Crippen LogP contribution in [0.1, 0.15) is 31.4 Å². The highest BCUT2D eigenvalue weighted by Gasteiger charge is 2.35. The van der Waals surface area contributed by atoms with Crippen molar-refractivity contribution in [2.45, 2.75) is 50.2 Å². The average Bonchev–Trinajstić information content (AvgIpc) is 3.09. The first kappa shape index (κ1) is 37.5. The van der Waals surface area contributed by atoms with Gasteiger partial charge in [-0.3, -0.25) is 13.9 Å². The Morgan fingerprint density at radius 1 is 0.898 bits per heavy atom. The highest BCUT2D eigenvalue weighted by atomic mass is 35.5. The van der Waals surface area contributed by atoms with Gasteiger partial charge >= 0.3 is 0 Å². The molecule has 4 rings (SSSR count). The molecule has 0 heterocycles. The van der Waals surface area contributed by atoms with E-state index in [9.17, 15) is 22.4 Å². The third-order valence-corrected chi connectivity index (χ3v) is 10.3. The van der Waals surface area contributed by atoms with Crippen molar-refractivity contribution in [2.24, 2.45) is 0 Å². The molecule has 0 radical (unpaired) electrons. The van der Waals surface area contributed by atoms with E-state index in [1.807, 2.05) is 44.2 Å². The van der Waals surface area contributed by atoms with E-state index >= 15 is 0 Å². The molecule has 0 aliphatic carbocycles. The molecule has 0 spiro atoms. The van der Waals surface area contributed by atoms with Crippen LogP contribution in [0.3, 0.4) is 0 Å². The second-order valence-electron chi connectivity index (χ2n) is 11.3. The minimum atomic E-state index is -4.48. The zero-order chi connectivity index (χ0) is 35.7. The van der Waals surface area contributed by atoms with Gasteiger partial charge in [0.15, 0.2) is 11.5 Å². The molecular formula is C36H38Cl2FN3O6S. The maximum atomic E-state index is 14.6. The van der Waals surface area contributed by atoms with Crippen LogP contribution in [0.4, 0.5) is 10.1 Å². The number of nitrogens with one attached hydrogen (secondary N) is 1. The van der Waals surface area contributed by atoms with Crippen molar-refractivity contribution >= 4 is 50.7 Å². The Bertz CT molecular complexity index is 1860. The zero-order valence-electron chi connectivity index (χ0n) is 27.5. The first-order chi connectivity index (χ1) is 23.4. The highest BCUT2D eigenvalue weighted by molar-refractivity contribution is 7.92. The summed E-state index contributed by atoms with van der Waals surface area (Å²) in [5, 5.41) is 3.62. The number of carbonyl (C=O) groups excluding carboxylic acids is 2. The third-order valence-electron chi connectivity index (χ3n) is 7.96. The molecule has 0 saturated carbocycles. The number of amides is 2. The Hall–Kier alpha value is -4.32. The monoisotopic (exact) mass is 729 g/mol. The topological polar surface area (TPSA) is 105 Å². The molecular weight excluding hydrogens is 692 g/mol. The van der Waals surface area contributed by atoms with Crippen molar-refractivity contribution in [2.75, 3.05) is 25.1 Å². The Kier molecular flexibility index (Phi) is 12.9. The predicted octanol–water partition coefficient (Wildman–Crippen LogP) is 6.90. The van der Waals surface area contributed by atoms with Crippen LogP contribution in [0, 0.1) is 5.82 Å². The lowest BCUT2D eigenvalue weighted by Gasteiger charge is -2.34. The summed E-state index contributed by atoms with van der Waals surface area (Å²) in [6, 6.07) is 21.4. The van der Waals surface area contributed by atoms with Gasteiger partial charge in [0, 0.05) is 35.1 Å². The smallest absolute Gasteiger partial charge is 0.264 e. The fourth-order valence-corrected chi connectivity index (χ4v) is 6.97. The van der Waals surface area contributed by atoms with Gasteiger partial charge in [0.25, 0.3) is 10.0 Å². The van der Waals surface area contributed by atoms with Gasteiger partial charge in [-0.25, -0.2) is 12.8 Å². The number of sulfonamides is 1. The van der Waals surface area contributed by atoms with Gasteiger partial charge in [-0.2, -0.15) is 0 Å². The predicted molar refractivity (Wildman–Crippen MR) is 189 cm³/mol. The van der Waals surface area contributed by atoms with E-state index in [1.54, 1.807) is 12.1 Å². The maximum absolute atomic E-state index is 14.6. The molecule has 13 heteroatoms. The van der Waals surface area contributed by atoms with Gasteiger partial charge in [-0.1, -0.05) is 66.5 Å². The number of hydrogen-bond acceptors (Lipinski definition) is 6. The second kappa shape index (κ2) is 16.9. The summed E-state index contributed by atoms with van der Waals surface area (Å²) in [4.78, 5) is 29.7. The van der Waals surface area contributed by atoms with E-state index in [-0.39, 0.29) is 40.4 Å². The quantitative estimate of drug-likeness (QED) is 0.143. The standard InChI is InChI=1S/C36H38Cl2FN3O6S/c1-5-24(2)40-36(44)32(19-25-9-7-6-8-10-25)41(22-26-11-12-27(37)20-31(26)38)35(43)23-42(29-15-13-28(39)14-16-29)49(45,46)30-17-18-33(47-3)34(21-30)48-4/h6-18,20-21,24,32H,5,19,22-23H2,1-4H3,(H,40,44)/t24-,32-/m1/s1. The Morgan fingerprint density at radius 3 is 2.18 bits per heavy atom. The van der Waals surface area contributed by atoms with E-state index in [4.69, 9.17) is 32.7 Å². The average molecular weight is 731 g/mol. The minimum absolute atomic E-state index is 0.0256. The normalized spacial score (nSPS) is 12.5. The maximum Gasteiger partial charge on any atom is 0.264 e. The number of rotatable bonds is 15. The molecule has 0 fully saturated rings. The molecule has 49 heavy (non-hydrogen) atoms. The van der Waals surface area contributed by atoms with E-state index < -0.39 is 40.2 Å². The zero-order valence-corrected chi connectivity index (χ0v) is 29.9. The lowest BCUT2D eigenvalue weighted by molar-refractivity contribution is -0.140. The largest absolute Gasteiger partial charge is 0.493 e. The van der Waals surface area contributed by atoms with Crippen LogP contribution in [0.2, 0.25) is 10.0 Å². The van der Waals surface area contributed by atoms with Crippen LogP contribution in [0.25, 0.3) is 0 Å². The van der Waals surface area contributed by atoms with Crippen LogP contribution in [0.15, 0.2) is 95.9 Å². The van der Waals surface area contributed by atoms with Gasteiger partial charge < -0.3 is 19.7 Å².